The van der Waals surface area contributed by atoms with Crippen molar-refractivity contribution in [2.75, 3.05) is 27.2 Å². The molecule has 2 atom stereocenters. The first-order valence-electron chi connectivity index (χ1n) is 6.12. The highest BCUT2D eigenvalue weighted by molar-refractivity contribution is 5.95. The smallest absolute Gasteiger partial charge is 0.257 e. The average molecular weight is 252 g/mol. The van der Waals surface area contributed by atoms with Crippen molar-refractivity contribution in [3.8, 4) is 0 Å². The molecule has 0 bridgehead atoms. The highest BCUT2D eigenvalue weighted by atomic mass is 16.3. The van der Waals surface area contributed by atoms with Crippen LogP contribution >= 0.6 is 0 Å². The van der Waals surface area contributed by atoms with E-state index in [1.165, 1.54) is 0 Å². The molecule has 1 aliphatic heterocycles. The first-order valence-corrected chi connectivity index (χ1v) is 6.12. The van der Waals surface area contributed by atoms with Crippen LogP contribution in [-0.4, -0.2) is 70.3 Å². The van der Waals surface area contributed by atoms with E-state index in [1.807, 2.05) is 25.9 Å². The number of carbonyl (C=O) groups excluding carboxylic acids is 1. The second-order valence-corrected chi connectivity index (χ2v) is 5.17. The van der Waals surface area contributed by atoms with Crippen LogP contribution < -0.4 is 0 Å². The molecular formula is C12H20N4O2. The van der Waals surface area contributed by atoms with Gasteiger partial charge < -0.3 is 14.9 Å². The third-order valence-corrected chi connectivity index (χ3v) is 3.29. The first kappa shape index (κ1) is 13.0. The molecule has 6 nitrogen and oxygen atoms in total. The first-order chi connectivity index (χ1) is 8.49. The van der Waals surface area contributed by atoms with Gasteiger partial charge in [-0.15, -0.1) is 0 Å². The van der Waals surface area contributed by atoms with Crippen LogP contribution in [0.3, 0.4) is 0 Å². The predicted molar refractivity (Wildman–Crippen MR) is 67.3 cm³/mol. The maximum Gasteiger partial charge on any atom is 0.257 e. The van der Waals surface area contributed by atoms with E-state index >= 15 is 0 Å². The Morgan fingerprint density at radius 2 is 2.39 bits per heavy atom. The Hall–Kier alpha value is -1.40. The van der Waals surface area contributed by atoms with Crippen molar-refractivity contribution in [2.24, 2.45) is 0 Å². The zero-order chi connectivity index (χ0) is 13.3. The minimum atomic E-state index is -0.425. The largest absolute Gasteiger partial charge is 0.391 e. The minimum absolute atomic E-state index is 0.0512. The van der Waals surface area contributed by atoms with E-state index in [0.717, 1.165) is 12.2 Å². The quantitative estimate of drug-likeness (QED) is 0.785. The summed E-state index contributed by atoms with van der Waals surface area (Å²) in [7, 11) is 3.94. The van der Waals surface area contributed by atoms with E-state index in [1.54, 1.807) is 11.1 Å². The van der Waals surface area contributed by atoms with Crippen molar-refractivity contribution in [1.29, 1.82) is 0 Å². The number of hydrogen-bond acceptors (Lipinski definition) is 4. The summed E-state index contributed by atoms with van der Waals surface area (Å²) in [6.07, 6.45) is 1.77. The number of rotatable bonds is 3. The molecule has 0 aromatic carbocycles. The van der Waals surface area contributed by atoms with Crippen molar-refractivity contribution in [3.63, 3.8) is 0 Å². The zero-order valence-electron chi connectivity index (χ0n) is 11.1. The second kappa shape index (κ2) is 5.07. The number of likely N-dealkylation sites (tertiary alicyclic amines) is 1. The average Bonchev–Trinajstić information content (AvgIpc) is 2.83. The summed E-state index contributed by atoms with van der Waals surface area (Å²) in [5.74, 6) is -0.0512. The molecule has 0 saturated carbocycles. The molecule has 100 valence electrons. The van der Waals surface area contributed by atoms with Crippen molar-refractivity contribution in [1.82, 2.24) is 20.0 Å². The van der Waals surface area contributed by atoms with Crippen LogP contribution in [0.4, 0.5) is 0 Å². The van der Waals surface area contributed by atoms with Gasteiger partial charge >= 0.3 is 0 Å². The Morgan fingerprint density at radius 1 is 1.67 bits per heavy atom. The summed E-state index contributed by atoms with van der Waals surface area (Å²) in [6, 6.07) is 0.0665. The molecule has 1 saturated heterocycles. The monoisotopic (exact) mass is 252 g/mol. The molecule has 18 heavy (non-hydrogen) atoms. The van der Waals surface area contributed by atoms with Gasteiger partial charge in [0.2, 0.25) is 0 Å². The fraction of sp³-hybridized carbons (Fsp3) is 0.667. The fourth-order valence-corrected chi connectivity index (χ4v) is 2.46. The molecule has 2 heterocycles. The van der Waals surface area contributed by atoms with Crippen molar-refractivity contribution in [3.05, 3.63) is 17.5 Å². The van der Waals surface area contributed by atoms with E-state index in [-0.39, 0.29) is 11.9 Å². The Labute approximate surface area is 107 Å². The lowest BCUT2D eigenvalue weighted by molar-refractivity contribution is 0.0698. The minimum Gasteiger partial charge on any atom is -0.391 e. The lowest BCUT2D eigenvalue weighted by Gasteiger charge is -2.26. The molecular weight excluding hydrogens is 232 g/mol. The van der Waals surface area contributed by atoms with E-state index in [0.29, 0.717) is 18.5 Å². The summed E-state index contributed by atoms with van der Waals surface area (Å²) >= 11 is 0. The van der Waals surface area contributed by atoms with Crippen LogP contribution in [0.2, 0.25) is 0 Å². The number of carbonyl (C=O) groups is 1. The number of nitrogens with zero attached hydrogens (tertiary/aromatic N) is 3. The summed E-state index contributed by atoms with van der Waals surface area (Å²) in [5, 5.41) is 16.4. The van der Waals surface area contributed by atoms with Crippen LogP contribution in [0.5, 0.6) is 0 Å². The molecule has 1 aromatic heterocycles. The molecule has 2 N–H and O–H groups in total. The van der Waals surface area contributed by atoms with Crippen molar-refractivity contribution in [2.45, 2.75) is 25.5 Å². The van der Waals surface area contributed by atoms with E-state index in [9.17, 15) is 9.90 Å². The van der Waals surface area contributed by atoms with Gasteiger partial charge in [-0.05, 0) is 27.4 Å². The molecule has 0 aliphatic carbocycles. The van der Waals surface area contributed by atoms with Gasteiger partial charge in [0.05, 0.1) is 17.9 Å². The Morgan fingerprint density at radius 3 is 2.94 bits per heavy atom. The summed E-state index contributed by atoms with van der Waals surface area (Å²) in [4.78, 5) is 16.2. The number of aryl methyl sites for hydroxylation is 1. The molecule has 1 aromatic rings. The van der Waals surface area contributed by atoms with Gasteiger partial charge in [-0.1, -0.05) is 0 Å². The SMILES string of the molecule is Cc1[nH]ncc1C(=O)N1CC(O)CC1CN(C)C. The van der Waals surface area contributed by atoms with Gasteiger partial charge in [-0.25, -0.2) is 0 Å². The molecule has 2 rings (SSSR count). The maximum absolute atomic E-state index is 12.4. The Bertz CT molecular complexity index is 429. The Balaban J connectivity index is 2.15. The number of aliphatic hydroxyl groups excluding tert-OH is 1. The van der Waals surface area contributed by atoms with Crippen LogP contribution in [0.15, 0.2) is 6.20 Å². The number of likely N-dealkylation sites (N-methyl/N-ethyl adjacent to an activating group) is 1. The topological polar surface area (TPSA) is 72.5 Å². The fourth-order valence-electron chi connectivity index (χ4n) is 2.46. The van der Waals surface area contributed by atoms with Gasteiger partial charge in [0, 0.05) is 24.8 Å². The molecule has 6 heteroatoms. The van der Waals surface area contributed by atoms with Crippen LogP contribution in [0.1, 0.15) is 22.5 Å². The van der Waals surface area contributed by atoms with Gasteiger partial charge in [-0.3, -0.25) is 9.89 Å². The van der Waals surface area contributed by atoms with Gasteiger partial charge in [0.25, 0.3) is 5.91 Å². The van der Waals surface area contributed by atoms with E-state index in [2.05, 4.69) is 10.2 Å². The number of aliphatic hydroxyl groups is 1. The lowest BCUT2D eigenvalue weighted by atomic mass is 10.1. The highest BCUT2D eigenvalue weighted by Gasteiger charge is 2.35. The zero-order valence-corrected chi connectivity index (χ0v) is 11.1. The molecule has 1 aliphatic rings. The van der Waals surface area contributed by atoms with Gasteiger partial charge in [0.15, 0.2) is 0 Å². The molecule has 1 fully saturated rings. The normalized spacial score (nSPS) is 23.9. The number of β-amino-alcohol motifs (C(OH)–C–C–N with tert-alkyl or cyclic N) is 1. The third-order valence-electron chi connectivity index (χ3n) is 3.29. The van der Waals surface area contributed by atoms with Crippen LogP contribution in [0.25, 0.3) is 0 Å². The number of H-pyrrole nitrogens is 1. The van der Waals surface area contributed by atoms with Crippen molar-refractivity contribution < 1.29 is 9.90 Å². The number of amides is 1. The number of hydrogen-bond donors (Lipinski definition) is 2. The van der Waals surface area contributed by atoms with Gasteiger partial charge in [0.1, 0.15) is 0 Å². The number of aromatic amines is 1. The summed E-state index contributed by atoms with van der Waals surface area (Å²) < 4.78 is 0. The van der Waals surface area contributed by atoms with E-state index in [4.69, 9.17) is 0 Å². The lowest BCUT2D eigenvalue weighted by Crippen LogP contribution is -2.41. The standard InChI is InChI=1S/C12H20N4O2/c1-8-11(5-13-14-8)12(18)16-7-10(17)4-9(16)6-15(2)3/h5,9-10,17H,4,6-7H2,1-3H3,(H,13,14). The number of aromatic nitrogens is 2. The van der Waals surface area contributed by atoms with E-state index < -0.39 is 6.10 Å². The summed E-state index contributed by atoms with van der Waals surface area (Å²) in [5.41, 5.74) is 1.36. The summed E-state index contributed by atoms with van der Waals surface area (Å²) in [6.45, 7) is 3.00. The maximum atomic E-state index is 12.4. The highest BCUT2D eigenvalue weighted by Crippen LogP contribution is 2.21. The van der Waals surface area contributed by atoms with Gasteiger partial charge in [-0.2, -0.15) is 5.10 Å². The molecule has 2 unspecified atom stereocenters. The third kappa shape index (κ3) is 2.54. The predicted octanol–water partition coefficient (Wildman–Crippen LogP) is -0.145. The molecule has 0 radical (unpaired) electrons. The molecule has 0 spiro atoms. The number of nitrogens with one attached hydrogen (secondary N) is 1. The van der Waals surface area contributed by atoms with Crippen molar-refractivity contribution >= 4 is 5.91 Å². The Kier molecular flexibility index (Phi) is 3.68. The second-order valence-electron chi connectivity index (χ2n) is 5.17. The van der Waals surface area contributed by atoms with Crippen LogP contribution in [0, 0.1) is 6.92 Å². The van der Waals surface area contributed by atoms with Crippen LogP contribution in [-0.2, 0) is 0 Å². The molecule has 1 amide bonds.